The fourth-order valence-corrected chi connectivity index (χ4v) is 5.22. The summed E-state index contributed by atoms with van der Waals surface area (Å²) in [7, 11) is -1.08. The van der Waals surface area contributed by atoms with E-state index in [1.165, 1.54) is 12.8 Å². The van der Waals surface area contributed by atoms with Gasteiger partial charge in [-0.05, 0) is 58.3 Å². The molecule has 0 saturated heterocycles. The molecule has 5 heteroatoms. The lowest BCUT2D eigenvalue weighted by Crippen LogP contribution is -2.34. The molecule has 0 radical (unpaired) electrons. The second-order valence-corrected chi connectivity index (χ2v) is 8.34. The largest absolute Gasteiger partial charge is 0.322 e. The molecule has 2 aliphatic rings. The van der Waals surface area contributed by atoms with Gasteiger partial charge in [-0.15, -0.1) is 0 Å². The van der Waals surface area contributed by atoms with Crippen molar-refractivity contribution in [1.82, 2.24) is 4.67 Å². The summed E-state index contributed by atoms with van der Waals surface area (Å²) in [6.07, 6.45) is 7.71. The first-order valence-corrected chi connectivity index (χ1v) is 9.55. The molecule has 0 aromatic carbocycles. The average molecular weight is 324 g/mol. The molecule has 124 valence electrons. The van der Waals surface area contributed by atoms with Gasteiger partial charge in [-0.3, -0.25) is 0 Å². The Labute approximate surface area is 136 Å². The molecule has 1 saturated carbocycles. The van der Waals surface area contributed by atoms with Crippen LogP contribution >= 0.6 is 8.53 Å². The molecular weight excluding hydrogens is 295 g/mol. The highest BCUT2D eigenvalue weighted by atomic mass is 31.2. The van der Waals surface area contributed by atoms with E-state index in [-0.39, 0.29) is 0 Å². The minimum Gasteiger partial charge on any atom is -0.322 e. The summed E-state index contributed by atoms with van der Waals surface area (Å²) in [6, 6.07) is 2.88. The third-order valence-electron chi connectivity index (χ3n) is 4.48. The van der Waals surface area contributed by atoms with E-state index in [4.69, 9.17) is 14.3 Å². The Morgan fingerprint density at radius 1 is 1.18 bits per heavy atom. The van der Waals surface area contributed by atoms with Crippen molar-refractivity contribution in [1.29, 1.82) is 5.26 Å². The number of hydrogen-bond acceptors (Lipinski definition) is 4. The Hall–Kier alpha value is -0.460. The minimum absolute atomic E-state index is 0.369. The summed E-state index contributed by atoms with van der Waals surface area (Å²) in [5.74, 6) is 2.11. The van der Waals surface area contributed by atoms with Gasteiger partial charge in [0.25, 0.3) is 8.53 Å². The maximum absolute atomic E-state index is 8.73. The topological polar surface area (TPSA) is 45.5 Å². The first-order chi connectivity index (χ1) is 10.5. The van der Waals surface area contributed by atoms with Gasteiger partial charge in [0.1, 0.15) is 0 Å². The molecule has 0 spiro atoms. The molecule has 2 aliphatic carbocycles. The van der Waals surface area contributed by atoms with Gasteiger partial charge in [0, 0.05) is 12.1 Å². The van der Waals surface area contributed by atoms with Gasteiger partial charge >= 0.3 is 0 Å². The van der Waals surface area contributed by atoms with Gasteiger partial charge in [0.2, 0.25) is 0 Å². The third kappa shape index (κ3) is 4.52. The summed E-state index contributed by atoms with van der Waals surface area (Å²) in [5.41, 5.74) is 0. The van der Waals surface area contributed by atoms with Crippen LogP contribution < -0.4 is 0 Å². The standard InChI is InChI=1S/C17H29N2O2P/c1-13(2)19(14(3)4)22(20-9-5-8-18)21-12-17-11-15-6-7-16(17)10-15/h6-7,13-17H,5,9-12H2,1-4H3. The third-order valence-corrected chi connectivity index (χ3v) is 6.55. The molecule has 1 fully saturated rings. The van der Waals surface area contributed by atoms with Gasteiger partial charge in [-0.1, -0.05) is 12.2 Å². The molecule has 4 unspecified atom stereocenters. The van der Waals surface area contributed by atoms with E-state index >= 15 is 0 Å². The fourth-order valence-electron chi connectivity index (χ4n) is 3.56. The molecule has 0 heterocycles. The molecule has 0 aliphatic heterocycles. The summed E-state index contributed by atoms with van der Waals surface area (Å²) in [4.78, 5) is 0. The monoisotopic (exact) mass is 324 g/mol. The highest BCUT2D eigenvalue weighted by Gasteiger charge is 2.37. The maximum Gasteiger partial charge on any atom is 0.259 e. The van der Waals surface area contributed by atoms with Gasteiger partial charge in [-0.2, -0.15) is 5.26 Å². The molecule has 0 amide bonds. The van der Waals surface area contributed by atoms with Crippen LogP contribution in [0.4, 0.5) is 0 Å². The zero-order valence-electron chi connectivity index (χ0n) is 14.2. The maximum atomic E-state index is 8.73. The zero-order chi connectivity index (χ0) is 16.1. The average Bonchev–Trinajstić information content (AvgIpc) is 3.06. The molecule has 2 bridgehead atoms. The lowest BCUT2D eigenvalue weighted by atomic mass is 9.95. The fraction of sp³-hybridized carbons (Fsp3) is 0.824. The normalized spacial score (nSPS) is 28.0. The minimum atomic E-state index is -1.08. The molecular formula is C17H29N2O2P. The Balaban J connectivity index is 1.91. The van der Waals surface area contributed by atoms with Crippen molar-refractivity contribution in [2.45, 2.75) is 59.0 Å². The predicted octanol–water partition coefficient (Wildman–Crippen LogP) is 4.49. The second kappa shape index (κ2) is 8.41. The van der Waals surface area contributed by atoms with Crippen molar-refractivity contribution in [3.63, 3.8) is 0 Å². The van der Waals surface area contributed by atoms with Crippen molar-refractivity contribution in [2.24, 2.45) is 17.8 Å². The Morgan fingerprint density at radius 3 is 2.41 bits per heavy atom. The van der Waals surface area contributed by atoms with Gasteiger partial charge < -0.3 is 9.05 Å². The van der Waals surface area contributed by atoms with E-state index in [0.29, 0.717) is 36.9 Å². The lowest BCUT2D eigenvalue weighted by molar-refractivity contribution is 0.151. The molecule has 4 nitrogen and oxygen atoms in total. The van der Waals surface area contributed by atoms with Crippen LogP contribution in [-0.4, -0.2) is 30.0 Å². The van der Waals surface area contributed by atoms with Crippen LogP contribution in [0, 0.1) is 29.1 Å². The van der Waals surface area contributed by atoms with E-state index in [9.17, 15) is 0 Å². The summed E-state index contributed by atoms with van der Waals surface area (Å²) < 4.78 is 14.5. The van der Waals surface area contributed by atoms with Crippen LogP contribution in [0.1, 0.15) is 47.0 Å². The number of rotatable bonds is 9. The Kier molecular flexibility index (Phi) is 6.84. The highest BCUT2D eigenvalue weighted by molar-refractivity contribution is 7.44. The van der Waals surface area contributed by atoms with Crippen molar-refractivity contribution in [3.05, 3.63) is 12.2 Å². The molecule has 0 aromatic rings. The first-order valence-electron chi connectivity index (χ1n) is 8.42. The molecule has 0 aromatic heterocycles. The number of hydrogen-bond donors (Lipinski definition) is 0. The SMILES string of the molecule is CC(C)N(C(C)C)P(OCCC#N)OCC1CC2C=CC1C2. The smallest absolute Gasteiger partial charge is 0.259 e. The second-order valence-electron chi connectivity index (χ2n) is 6.88. The van der Waals surface area contributed by atoms with Crippen LogP contribution in [0.5, 0.6) is 0 Å². The number of allylic oxidation sites excluding steroid dienone is 2. The predicted molar refractivity (Wildman–Crippen MR) is 90.0 cm³/mol. The zero-order valence-corrected chi connectivity index (χ0v) is 15.1. The van der Waals surface area contributed by atoms with Gasteiger partial charge in [0.15, 0.2) is 0 Å². The summed E-state index contributed by atoms with van der Waals surface area (Å²) in [6.45, 7) is 9.92. The van der Waals surface area contributed by atoms with Gasteiger partial charge in [0.05, 0.1) is 25.7 Å². The number of nitrogens with zero attached hydrogens (tertiary/aromatic N) is 2. The number of nitriles is 1. The molecule has 2 rings (SSSR count). The van der Waals surface area contributed by atoms with Crippen molar-refractivity contribution >= 4 is 8.53 Å². The van der Waals surface area contributed by atoms with Crippen LogP contribution in [0.2, 0.25) is 0 Å². The Morgan fingerprint density at radius 2 is 1.91 bits per heavy atom. The Bertz CT molecular complexity index is 411. The van der Waals surface area contributed by atoms with Crippen LogP contribution in [0.3, 0.4) is 0 Å². The summed E-state index contributed by atoms with van der Waals surface area (Å²) >= 11 is 0. The van der Waals surface area contributed by atoms with E-state index in [2.05, 4.69) is 50.6 Å². The van der Waals surface area contributed by atoms with Gasteiger partial charge in [-0.25, -0.2) is 4.67 Å². The lowest BCUT2D eigenvalue weighted by Gasteiger charge is -2.36. The molecule has 4 atom stereocenters. The van der Waals surface area contributed by atoms with Crippen LogP contribution in [0.25, 0.3) is 0 Å². The van der Waals surface area contributed by atoms with E-state index in [1.54, 1.807) is 0 Å². The van der Waals surface area contributed by atoms with E-state index < -0.39 is 8.53 Å². The van der Waals surface area contributed by atoms with E-state index in [1.807, 2.05) is 0 Å². The van der Waals surface area contributed by atoms with Crippen molar-refractivity contribution in [2.75, 3.05) is 13.2 Å². The first kappa shape index (κ1) is 17.9. The summed E-state index contributed by atoms with van der Waals surface area (Å²) in [5, 5.41) is 8.73. The highest BCUT2D eigenvalue weighted by Crippen LogP contribution is 2.49. The van der Waals surface area contributed by atoms with Crippen molar-refractivity contribution < 1.29 is 9.05 Å². The van der Waals surface area contributed by atoms with Crippen LogP contribution in [-0.2, 0) is 9.05 Å². The quantitative estimate of drug-likeness (QED) is 0.356. The molecule has 0 N–H and O–H groups in total. The number of fused-ring (bicyclic) bond motifs is 2. The van der Waals surface area contributed by atoms with E-state index in [0.717, 1.165) is 12.5 Å². The van der Waals surface area contributed by atoms with Crippen molar-refractivity contribution in [3.8, 4) is 6.07 Å². The van der Waals surface area contributed by atoms with Crippen LogP contribution in [0.15, 0.2) is 12.2 Å². The molecule has 22 heavy (non-hydrogen) atoms.